The fraction of sp³-hybridized carbons (Fsp3) is 0.188. The molecule has 1 saturated heterocycles. The van der Waals surface area contributed by atoms with Crippen LogP contribution in [0, 0.1) is 11.6 Å². The standard InChI is InChI=1S/C32H27BrF2N4O/c33-27-17-38-29-25(27)5-2-6-26(29)32-37-36-18-39(32)28-16-11-21(31(40)30(28)38)3-1-4-24(19-7-12-22(34)13-8-19)20-9-14-23(35)15-10-20/h2,5-17,24,32,36-37,40H,1,3-4,18H2. The molecular formula is C32H27BrF2N4O. The van der Waals surface area contributed by atoms with Gasteiger partial charge in [0.15, 0.2) is 0 Å². The second kappa shape index (κ2) is 10.0. The molecule has 0 amide bonds. The Balaban J connectivity index is 1.23. The lowest BCUT2D eigenvalue weighted by molar-refractivity contribution is 0.463. The van der Waals surface area contributed by atoms with Crippen molar-refractivity contribution < 1.29 is 13.9 Å². The van der Waals surface area contributed by atoms with Gasteiger partial charge in [-0.15, -0.1) is 0 Å². The van der Waals surface area contributed by atoms with Crippen LogP contribution in [0.15, 0.2) is 89.5 Å². The number of aryl methyl sites for hydroxylation is 1. The highest BCUT2D eigenvalue weighted by molar-refractivity contribution is 9.10. The maximum atomic E-state index is 13.7. The number of fused-ring (bicyclic) bond motifs is 5. The minimum absolute atomic E-state index is 0.0152. The van der Waals surface area contributed by atoms with E-state index in [9.17, 15) is 13.9 Å². The zero-order chi connectivity index (χ0) is 27.4. The normalized spacial score (nSPS) is 15.9. The molecule has 8 heteroatoms. The van der Waals surface area contributed by atoms with Crippen LogP contribution in [0.1, 0.15) is 47.2 Å². The molecule has 7 rings (SSSR count). The van der Waals surface area contributed by atoms with Gasteiger partial charge in [0, 0.05) is 27.5 Å². The molecule has 5 aromatic rings. The summed E-state index contributed by atoms with van der Waals surface area (Å²) in [6.07, 6.45) is 4.17. The van der Waals surface area contributed by atoms with E-state index in [0.717, 1.165) is 61.8 Å². The van der Waals surface area contributed by atoms with Crippen LogP contribution in [-0.4, -0.2) is 16.3 Å². The molecular weight excluding hydrogens is 574 g/mol. The molecule has 2 aliphatic heterocycles. The van der Waals surface area contributed by atoms with E-state index in [-0.39, 0.29) is 29.5 Å². The van der Waals surface area contributed by atoms with Crippen molar-refractivity contribution in [3.63, 3.8) is 0 Å². The molecule has 5 nitrogen and oxygen atoms in total. The summed E-state index contributed by atoms with van der Waals surface area (Å²) in [6.45, 7) is 0.607. The number of aromatic nitrogens is 1. The molecule has 0 aliphatic carbocycles. The lowest BCUT2D eigenvalue weighted by Gasteiger charge is -2.26. The number of nitrogens with one attached hydrogen (secondary N) is 2. The maximum Gasteiger partial charge on any atom is 0.144 e. The Morgan fingerprint density at radius 2 is 1.62 bits per heavy atom. The molecule has 4 aromatic carbocycles. The monoisotopic (exact) mass is 600 g/mol. The van der Waals surface area contributed by atoms with E-state index >= 15 is 0 Å². The van der Waals surface area contributed by atoms with Crippen LogP contribution in [0.3, 0.4) is 0 Å². The Morgan fingerprint density at radius 3 is 2.33 bits per heavy atom. The van der Waals surface area contributed by atoms with Crippen LogP contribution in [0.4, 0.5) is 14.5 Å². The Hall–Kier alpha value is -3.72. The summed E-state index contributed by atoms with van der Waals surface area (Å²) in [5, 5.41) is 12.8. The van der Waals surface area contributed by atoms with Gasteiger partial charge in [-0.1, -0.05) is 48.5 Å². The summed E-state index contributed by atoms with van der Waals surface area (Å²) in [4.78, 5) is 2.23. The predicted octanol–water partition coefficient (Wildman–Crippen LogP) is 7.42. The van der Waals surface area contributed by atoms with Crippen LogP contribution < -0.4 is 15.8 Å². The SMILES string of the molecule is Oc1c(CCCC(c2ccc(F)cc2)c2ccc(F)cc2)ccc2c1-n1cc(Br)c3cccc(c31)C1NNCN21. The molecule has 1 fully saturated rings. The van der Waals surface area contributed by atoms with Gasteiger partial charge in [-0.2, -0.15) is 0 Å². The quantitative estimate of drug-likeness (QED) is 0.190. The minimum atomic E-state index is -0.283. The first-order chi connectivity index (χ1) is 19.5. The van der Waals surface area contributed by atoms with Crippen LogP contribution in [-0.2, 0) is 6.42 Å². The summed E-state index contributed by atoms with van der Waals surface area (Å²) in [5.41, 5.74) is 13.4. The fourth-order valence-electron chi connectivity index (χ4n) is 6.23. The molecule has 0 bridgehead atoms. The number of benzene rings is 4. The first-order valence-electron chi connectivity index (χ1n) is 13.4. The third-order valence-corrected chi connectivity index (χ3v) is 8.78. The Morgan fingerprint density at radius 1 is 0.925 bits per heavy atom. The van der Waals surface area contributed by atoms with E-state index in [1.165, 1.54) is 24.3 Å². The Labute approximate surface area is 239 Å². The molecule has 2 aliphatic rings. The number of phenols is 1. The number of hydrogen-bond acceptors (Lipinski definition) is 4. The van der Waals surface area contributed by atoms with E-state index in [1.54, 1.807) is 24.3 Å². The second-order valence-corrected chi connectivity index (χ2v) is 11.3. The predicted molar refractivity (Wildman–Crippen MR) is 157 cm³/mol. The van der Waals surface area contributed by atoms with Crippen molar-refractivity contribution in [3.8, 4) is 11.4 Å². The number of rotatable bonds is 6. The third-order valence-electron chi connectivity index (χ3n) is 8.15. The van der Waals surface area contributed by atoms with E-state index in [2.05, 4.69) is 60.5 Å². The molecule has 1 atom stereocenters. The van der Waals surface area contributed by atoms with Crippen molar-refractivity contribution in [3.05, 3.63) is 123 Å². The van der Waals surface area contributed by atoms with Crippen molar-refractivity contribution in [2.24, 2.45) is 0 Å². The Kier molecular flexibility index (Phi) is 6.34. The van der Waals surface area contributed by atoms with Gasteiger partial charge in [-0.05, 0) is 82.2 Å². The van der Waals surface area contributed by atoms with E-state index in [0.29, 0.717) is 13.1 Å². The van der Waals surface area contributed by atoms with Crippen LogP contribution in [0.2, 0.25) is 0 Å². The van der Waals surface area contributed by atoms with Gasteiger partial charge in [-0.3, -0.25) is 0 Å². The number of hydrazine groups is 1. The number of phenolic OH excluding ortho intramolecular Hbond substituents is 1. The van der Waals surface area contributed by atoms with E-state index in [1.807, 2.05) is 12.3 Å². The first-order valence-corrected chi connectivity index (χ1v) is 14.2. The number of halogens is 3. The van der Waals surface area contributed by atoms with Gasteiger partial charge in [0.2, 0.25) is 0 Å². The molecule has 1 aromatic heterocycles. The molecule has 0 spiro atoms. The molecule has 202 valence electrons. The van der Waals surface area contributed by atoms with Crippen LogP contribution >= 0.6 is 15.9 Å². The van der Waals surface area contributed by atoms with Gasteiger partial charge in [0.25, 0.3) is 0 Å². The number of aromatic hydroxyl groups is 1. The summed E-state index contributed by atoms with van der Waals surface area (Å²) in [7, 11) is 0. The number of hydrogen-bond donors (Lipinski definition) is 3. The second-order valence-electron chi connectivity index (χ2n) is 10.4. The van der Waals surface area contributed by atoms with Gasteiger partial charge in [0.05, 0.1) is 17.9 Å². The highest BCUT2D eigenvalue weighted by atomic mass is 79.9. The number of nitrogens with zero attached hydrogens (tertiary/aromatic N) is 2. The van der Waals surface area contributed by atoms with Gasteiger partial charge in [0.1, 0.15) is 29.2 Å². The largest absolute Gasteiger partial charge is 0.505 e. The molecule has 1 unspecified atom stereocenters. The minimum Gasteiger partial charge on any atom is -0.505 e. The zero-order valence-electron chi connectivity index (χ0n) is 21.5. The van der Waals surface area contributed by atoms with Crippen molar-refractivity contribution in [1.29, 1.82) is 0 Å². The van der Waals surface area contributed by atoms with Crippen molar-refractivity contribution in [2.45, 2.75) is 31.3 Å². The van der Waals surface area contributed by atoms with Crippen molar-refractivity contribution in [1.82, 2.24) is 15.4 Å². The Bertz CT molecular complexity index is 1670. The average molecular weight is 601 g/mol. The summed E-state index contributed by atoms with van der Waals surface area (Å²) in [5.74, 6) is -0.313. The number of para-hydroxylation sites is 1. The highest BCUT2D eigenvalue weighted by Gasteiger charge is 2.35. The van der Waals surface area contributed by atoms with E-state index in [4.69, 9.17) is 0 Å². The smallest absolute Gasteiger partial charge is 0.144 e. The molecule has 0 saturated carbocycles. The molecule has 40 heavy (non-hydrogen) atoms. The van der Waals surface area contributed by atoms with Gasteiger partial charge < -0.3 is 14.6 Å². The highest BCUT2D eigenvalue weighted by Crippen LogP contribution is 2.47. The van der Waals surface area contributed by atoms with E-state index < -0.39 is 0 Å². The fourth-order valence-corrected chi connectivity index (χ4v) is 6.75. The summed E-state index contributed by atoms with van der Waals surface area (Å²) >= 11 is 3.73. The third kappa shape index (κ3) is 4.18. The topological polar surface area (TPSA) is 52.5 Å². The van der Waals surface area contributed by atoms with Crippen molar-refractivity contribution >= 4 is 32.5 Å². The summed E-state index contributed by atoms with van der Waals surface area (Å²) in [6, 6.07) is 23.4. The maximum absolute atomic E-state index is 13.7. The van der Waals surface area contributed by atoms with Gasteiger partial charge >= 0.3 is 0 Å². The lowest BCUT2D eigenvalue weighted by atomic mass is 9.86. The molecule has 3 N–H and O–H groups in total. The van der Waals surface area contributed by atoms with Gasteiger partial charge in [-0.25, -0.2) is 19.6 Å². The lowest BCUT2D eigenvalue weighted by Crippen LogP contribution is -2.27. The van der Waals surface area contributed by atoms with Crippen LogP contribution in [0.5, 0.6) is 5.75 Å². The molecule has 0 radical (unpaired) electrons. The van der Waals surface area contributed by atoms with Crippen LogP contribution in [0.25, 0.3) is 16.6 Å². The first kappa shape index (κ1) is 25.3. The molecule has 3 heterocycles. The zero-order valence-corrected chi connectivity index (χ0v) is 23.1. The average Bonchev–Trinajstić information content (AvgIpc) is 3.55. The summed E-state index contributed by atoms with van der Waals surface area (Å²) < 4.78 is 30.4. The van der Waals surface area contributed by atoms with Crippen molar-refractivity contribution in [2.75, 3.05) is 11.6 Å². The number of anilines is 1.